The summed E-state index contributed by atoms with van der Waals surface area (Å²) in [5.74, 6) is 0.482. The number of anilines is 1. The van der Waals surface area contributed by atoms with Crippen LogP contribution < -0.4 is 10.5 Å². The summed E-state index contributed by atoms with van der Waals surface area (Å²) in [4.78, 5) is 10.5. The molecule has 2 rings (SSSR count). The lowest BCUT2D eigenvalue weighted by atomic mass is 10.1. The van der Waals surface area contributed by atoms with E-state index in [0.717, 1.165) is 11.8 Å². The molecule has 0 heterocycles. The first-order chi connectivity index (χ1) is 9.20. The summed E-state index contributed by atoms with van der Waals surface area (Å²) in [5, 5.41) is 9.70. The highest BCUT2D eigenvalue weighted by Crippen LogP contribution is 2.30. The third-order valence-corrected chi connectivity index (χ3v) is 2.74. The van der Waals surface area contributed by atoms with E-state index in [1.807, 2.05) is 30.3 Å². The second-order valence-corrected chi connectivity index (χ2v) is 4.17. The minimum Gasteiger partial charge on any atom is -0.505 e. The Balaban J connectivity index is 2.14. The van der Waals surface area contributed by atoms with Crippen LogP contribution in [0.3, 0.4) is 0 Å². The zero-order valence-electron chi connectivity index (χ0n) is 10.4. The van der Waals surface area contributed by atoms with Crippen molar-refractivity contribution in [3.8, 4) is 11.5 Å². The van der Waals surface area contributed by atoms with Crippen molar-refractivity contribution in [2.45, 2.75) is 13.0 Å². The van der Waals surface area contributed by atoms with Gasteiger partial charge in [-0.1, -0.05) is 30.3 Å². The molecule has 0 unspecified atom stereocenters. The van der Waals surface area contributed by atoms with E-state index in [2.05, 4.69) is 0 Å². The maximum absolute atomic E-state index is 10.5. The van der Waals surface area contributed by atoms with Gasteiger partial charge in [-0.05, 0) is 11.6 Å². The van der Waals surface area contributed by atoms with E-state index >= 15 is 0 Å². The van der Waals surface area contributed by atoms with E-state index < -0.39 is 0 Å². The maximum Gasteiger partial charge on any atom is 0.142 e. The number of hydrogen-bond donors (Lipinski definition) is 2. The number of carbonyl (C=O) groups is 1. The van der Waals surface area contributed by atoms with Gasteiger partial charge in [0.25, 0.3) is 0 Å². The summed E-state index contributed by atoms with van der Waals surface area (Å²) in [5.41, 5.74) is 7.39. The Morgan fingerprint density at radius 1 is 1.21 bits per heavy atom. The van der Waals surface area contributed by atoms with Gasteiger partial charge in [0.05, 0.1) is 5.69 Å². The third kappa shape index (κ3) is 3.25. The van der Waals surface area contributed by atoms with Crippen LogP contribution >= 0.6 is 0 Å². The molecule has 0 spiro atoms. The number of nitrogens with two attached hydrogens (primary N) is 1. The van der Waals surface area contributed by atoms with Crippen molar-refractivity contribution in [1.82, 2.24) is 0 Å². The van der Waals surface area contributed by atoms with Crippen molar-refractivity contribution in [2.75, 3.05) is 5.73 Å². The van der Waals surface area contributed by atoms with Crippen molar-refractivity contribution in [1.29, 1.82) is 0 Å². The van der Waals surface area contributed by atoms with E-state index in [1.54, 1.807) is 12.1 Å². The van der Waals surface area contributed by atoms with Gasteiger partial charge in [0, 0.05) is 18.1 Å². The van der Waals surface area contributed by atoms with Gasteiger partial charge in [-0.3, -0.25) is 0 Å². The first kappa shape index (κ1) is 13.0. The van der Waals surface area contributed by atoms with Gasteiger partial charge in [0.15, 0.2) is 0 Å². The Kier molecular flexibility index (Phi) is 4.03. The Bertz CT molecular complexity index is 567. The van der Waals surface area contributed by atoms with Crippen molar-refractivity contribution >= 4 is 12.0 Å². The zero-order valence-corrected chi connectivity index (χ0v) is 10.4. The van der Waals surface area contributed by atoms with Crippen LogP contribution in [0, 0.1) is 0 Å². The highest BCUT2D eigenvalue weighted by molar-refractivity contribution is 5.65. The Labute approximate surface area is 111 Å². The van der Waals surface area contributed by atoms with Crippen LogP contribution in [0.2, 0.25) is 0 Å². The number of ether oxygens (including phenoxy) is 1. The number of aldehydes is 1. The van der Waals surface area contributed by atoms with E-state index in [0.29, 0.717) is 17.9 Å². The molecule has 19 heavy (non-hydrogen) atoms. The van der Waals surface area contributed by atoms with Crippen molar-refractivity contribution in [3.05, 3.63) is 53.6 Å². The fraction of sp³-hybridized carbons (Fsp3) is 0.133. The minimum atomic E-state index is -0.0563. The number of aromatic hydroxyl groups is 1. The highest BCUT2D eigenvalue weighted by Gasteiger charge is 2.08. The number of nitrogen functional groups attached to an aromatic ring is 1. The molecule has 4 nitrogen and oxygen atoms in total. The molecule has 0 saturated carbocycles. The van der Waals surface area contributed by atoms with Crippen LogP contribution in [0.4, 0.5) is 5.69 Å². The molecule has 0 aliphatic rings. The topological polar surface area (TPSA) is 72.5 Å². The molecule has 0 saturated heterocycles. The summed E-state index contributed by atoms with van der Waals surface area (Å²) in [6.45, 7) is 0.408. The van der Waals surface area contributed by atoms with Crippen molar-refractivity contribution in [2.24, 2.45) is 0 Å². The van der Waals surface area contributed by atoms with Crippen molar-refractivity contribution in [3.63, 3.8) is 0 Å². The third-order valence-electron chi connectivity index (χ3n) is 2.74. The number of rotatable bonds is 5. The number of phenols is 1. The van der Waals surface area contributed by atoms with Crippen LogP contribution in [0.25, 0.3) is 0 Å². The first-order valence-corrected chi connectivity index (χ1v) is 5.92. The minimum absolute atomic E-state index is 0.0563. The molecule has 0 aliphatic heterocycles. The van der Waals surface area contributed by atoms with Gasteiger partial charge in [0.2, 0.25) is 0 Å². The molecule has 0 fully saturated rings. The molecule has 98 valence electrons. The Hall–Kier alpha value is -2.49. The number of carbonyl (C=O) groups excluding carboxylic acids is 1. The van der Waals surface area contributed by atoms with Gasteiger partial charge in [-0.15, -0.1) is 0 Å². The standard InChI is InChI=1S/C15H15NO3/c16-14-9-13(8-12(6-7-17)15(14)18)19-10-11-4-2-1-3-5-11/h1-5,7-9,18H,6,10,16H2. The summed E-state index contributed by atoms with van der Waals surface area (Å²) >= 11 is 0. The highest BCUT2D eigenvalue weighted by atomic mass is 16.5. The van der Waals surface area contributed by atoms with Crippen LogP contribution in [0.1, 0.15) is 11.1 Å². The second-order valence-electron chi connectivity index (χ2n) is 4.17. The van der Waals surface area contributed by atoms with Gasteiger partial charge in [-0.25, -0.2) is 0 Å². The molecular formula is C15H15NO3. The Morgan fingerprint density at radius 2 is 1.95 bits per heavy atom. The van der Waals surface area contributed by atoms with Gasteiger partial charge < -0.3 is 20.4 Å². The second kappa shape index (κ2) is 5.91. The molecule has 0 atom stereocenters. The molecule has 0 bridgehead atoms. The molecule has 0 radical (unpaired) electrons. The average Bonchev–Trinajstić information content (AvgIpc) is 2.43. The normalized spacial score (nSPS) is 10.1. The average molecular weight is 257 g/mol. The largest absolute Gasteiger partial charge is 0.505 e. The summed E-state index contributed by atoms with van der Waals surface area (Å²) in [7, 11) is 0. The Morgan fingerprint density at radius 3 is 2.63 bits per heavy atom. The van der Waals surface area contributed by atoms with E-state index in [4.69, 9.17) is 10.5 Å². The van der Waals surface area contributed by atoms with Crippen LogP contribution in [-0.4, -0.2) is 11.4 Å². The fourth-order valence-corrected chi connectivity index (χ4v) is 1.76. The van der Waals surface area contributed by atoms with Crippen LogP contribution in [0.15, 0.2) is 42.5 Å². The number of phenolic OH excluding ortho intramolecular Hbond substituents is 1. The predicted molar refractivity (Wildman–Crippen MR) is 73.1 cm³/mol. The molecule has 4 heteroatoms. The maximum atomic E-state index is 10.5. The van der Waals surface area contributed by atoms with Crippen LogP contribution in [-0.2, 0) is 17.8 Å². The first-order valence-electron chi connectivity index (χ1n) is 5.92. The molecule has 3 N–H and O–H groups in total. The smallest absolute Gasteiger partial charge is 0.142 e. The molecule has 2 aromatic carbocycles. The lowest BCUT2D eigenvalue weighted by Crippen LogP contribution is -1.99. The van der Waals surface area contributed by atoms with E-state index in [-0.39, 0.29) is 17.9 Å². The molecule has 0 aromatic heterocycles. The van der Waals surface area contributed by atoms with E-state index in [1.165, 1.54) is 0 Å². The number of hydrogen-bond acceptors (Lipinski definition) is 4. The SMILES string of the molecule is Nc1cc(OCc2ccccc2)cc(CC=O)c1O. The molecule has 0 aliphatic carbocycles. The lowest BCUT2D eigenvalue weighted by molar-refractivity contribution is -0.107. The van der Waals surface area contributed by atoms with Gasteiger partial charge in [-0.2, -0.15) is 0 Å². The number of benzene rings is 2. The fourth-order valence-electron chi connectivity index (χ4n) is 1.76. The predicted octanol–water partition coefficient (Wildman–Crippen LogP) is 2.29. The summed E-state index contributed by atoms with van der Waals surface area (Å²) < 4.78 is 5.61. The van der Waals surface area contributed by atoms with Gasteiger partial charge in [0.1, 0.15) is 24.4 Å². The summed E-state index contributed by atoms with van der Waals surface area (Å²) in [6, 6.07) is 12.9. The van der Waals surface area contributed by atoms with Crippen molar-refractivity contribution < 1.29 is 14.6 Å². The van der Waals surface area contributed by atoms with Crippen LogP contribution in [0.5, 0.6) is 11.5 Å². The summed E-state index contributed by atoms with van der Waals surface area (Å²) in [6.07, 6.45) is 0.827. The molecule has 0 amide bonds. The lowest BCUT2D eigenvalue weighted by Gasteiger charge is -2.10. The quantitative estimate of drug-likeness (QED) is 0.489. The van der Waals surface area contributed by atoms with Gasteiger partial charge >= 0.3 is 0 Å². The molecule has 2 aromatic rings. The van der Waals surface area contributed by atoms with E-state index in [9.17, 15) is 9.90 Å². The zero-order chi connectivity index (χ0) is 13.7. The monoisotopic (exact) mass is 257 g/mol. The molecular weight excluding hydrogens is 242 g/mol.